The largest absolute Gasteiger partial charge is 0.492 e. The van der Waals surface area contributed by atoms with Crippen LogP contribution in [0, 0.1) is 0 Å². The Hall–Kier alpha value is -1.46. The van der Waals surface area contributed by atoms with Gasteiger partial charge in [0.15, 0.2) is 5.96 Å². The molecule has 1 rings (SSSR count). The number of rotatable bonds is 8. The van der Waals surface area contributed by atoms with Crippen molar-refractivity contribution >= 4 is 17.6 Å². The average molecular weight is 300 g/mol. The lowest BCUT2D eigenvalue weighted by molar-refractivity contribution is 0.152. The first-order valence-corrected chi connectivity index (χ1v) is 7.04. The number of hydrogen-bond acceptors (Lipinski definition) is 3. The van der Waals surface area contributed by atoms with Crippen LogP contribution in [0.1, 0.15) is 6.92 Å². The van der Waals surface area contributed by atoms with Gasteiger partial charge in [-0.05, 0) is 25.1 Å². The van der Waals surface area contributed by atoms with Gasteiger partial charge in [0.05, 0.1) is 13.2 Å². The molecule has 1 aromatic carbocycles. The van der Waals surface area contributed by atoms with Gasteiger partial charge in [0.1, 0.15) is 12.4 Å². The molecule has 0 atom stereocenters. The van der Waals surface area contributed by atoms with Gasteiger partial charge in [0.25, 0.3) is 0 Å². The van der Waals surface area contributed by atoms with Crippen molar-refractivity contribution in [3.05, 3.63) is 29.3 Å². The maximum Gasteiger partial charge on any atom is 0.191 e. The Kier molecular flexibility index (Phi) is 8.58. The number of hydrogen-bond donors (Lipinski definition) is 2. The molecule has 0 spiro atoms. The Bertz CT molecular complexity index is 413. The lowest BCUT2D eigenvalue weighted by atomic mass is 10.3. The molecule has 6 heteroatoms. The Balaban J connectivity index is 2.15. The summed E-state index contributed by atoms with van der Waals surface area (Å²) in [6.45, 7) is 5.27. The summed E-state index contributed by atoms with van der Waals surface area (Å²) in [7, 11) is 1.73. The van der Waals surface area contributed by atoms with Gasteiger partial charge in [0.2, 0.25) is 0 Å². The maximum absolute atomic E-state index is 5.88. The zero-order valence-electron chi connectivity index (χ0n) is 12.0. The second-order valence-corrected chi connectivity index (χ2v) is 4.36. The molecular formula is C14H22ClN3O2. The fraction of sp³-hybridized carbons (Fsp3) is 0.500. The number of nitrogens with zero attached hydrogens (tertiary/aromatic N) is 1. The number of ether oxygens (including phenoxy) is 2. The van der Waals surface area contributed by atoms with Crippen molar-refractivity contribution in [2.75, 3.05) is 40.0 Å². The Morgan fingerprint density at radius 3 is 2.65 bits per heavy atom. The molecule has 2 N–H and O–H groups in total. The summed E-state index contributed by atoms with van der Waals surface area (Å²) < 4.78 is 10.8. The molecule has 0 aliphatic heterocycles. The van der Waals surface area contributed by atoms with Crippen LogP contribution >= 0.6 is 11.6 Å². The molecule has 5 nitrogen and oxygen atoms in total. The van der Waals surface area contributed by atoms with Crippen LogP contribution in [0.5, 0.6) is 5.75 Å². The molecule has 20 heavy (non-hydrogen) atoms. The maximum atomic E-state index is 5.88. The molecule has 0 unspecified atom stereocenters. The number of benzene rings is 1. The minimum Gasteiger partial charge on any atom is -0.492 e. The van der Waals surface area contributed by atoms with E-state index < -0.39 is 0 Å². The van der Waals surface area contributed by atoms with Gasteiger partial charge < -0.3 is 20.1 Å². The van der Waals surface area contributed by atoms with E-state index in [0.29, 0.717) is 24.8 Å². The van der Waals surface area contributed by atoms with E-state index in [4.69, 9.17) is 21.1 Å². The summed E-state index contributed by atoms with van der Waals surface area (Å²) >= 11 is 5.88. The van der Waals surface area contributed by atoms with Crippen LogP contribution in [0.15, 0.2) is 29.3 Å². The molecular weight excluding hydrogens is 278 g/mol. The van der Waals surface area contributed by atoms with Gasteiger partial charge in [-0.2, -0.15) is 0 Å². The Morgan fingerprint density at radius 2 is 2.00 bits per heavy atom. The molecule has 0 heterocycles. The van der Waals surface area contributed by atoms with Gasteiger partial charge in [0, 0.05) is 25.2 Å². The van der Waals surface area contributed by atoms with Crippen molar-refractivity contribution in [3.63, 3.8) is 0 Å². The summed E-state index contributed by atoms with van der Waals surface area (Å²) in [5.74, 6) is 1.50. The first kappa shape index (κ1) is 16.6. The predicted molar refractivity (Wildman–Crippen MR) is 82.8 cm³/mol. The molecule has 0 radical (unpaired) electrons. The van der Waals surface area contributed by atoms with Crippen LogP contribution in [0.4, 0.5) is 0 Å². The molecule has 0 aliphatic carbocycles. The molecule has 1 aromatic rings. The number of guanidine groups is 1. The zero-order chi connectivity index (χ0) is 14.6. The van der Waals surface area contributed by atoms with E-state index in [2.05, 4.69) is 15.6 Å². The molecule has 0 amide bonds. The quantitative estimate of drug-likeness (QED) is 0.437. The van der Waals surface area contributed by atoms with Crippen molar-refractivity contribution in [1.29, 1.82) is 0 Å². The van der Waals surface area contributed by atoms with Gasteiger partial charge in [-0.25, -0.2) is 0 Å². The molecule has 0 saturated heterocycles. The van der Waals surface area contributed by atoms with Gasteiger partial charge in [-0.15, -0.1) is 0 Å². The van der Waals surface area contributed by atoms with Crippen molar-refractivity contribution < 1.29 is 9.47 Å². The van der Waals surface area contributed by atoms with Crippen molar-refractivity contribution in [2.45, 2.75) is 6.92 Å². The molecule has 112 valence electrons. The second-order valence-electron chi connectivity index (χ2n) is 3.93. The summed E-state index contributed by atoms with van der Waals surface area (Å²) in [6, 6.07) is 7.34. The minimum atomic E-state index is 0.534. The van der Waals surface area contributed by atoms with Crippen LogP contribution in [0.25, 0.3) is 0 Å². The van der Waals surface area contributed by atoms with Crippen LogP contribution in [-0.4, -0.2) is 45.9 Å². The Morgan fingerprint density at radius 1 is 1.25 bits per heavy atom. The monoisotopic (exact) mass is 299 g/mol. The summed E-state index contributed by atoms with van der Waals surface area (Å²) in [5, 5.41) is 6.98. The molecule has 0 aliphatic rings. The molecule has 0 saturated carbocycles. The van der Waals surface area contributed by atoms with E-state index >= 15 is 0 Å². The van der Waals surface area contributed by atoms with E-state index in [1.807, 2.05) is 25.1 Å². The Labute approximate surface area is 125 Å². The fourth-order valence-electron chi connectivity index (χ4n) is 1.50. The average Bonchev–Trinajstić information content (AvgIpc) is 2.46. The number of nitrogens with one attached hydrogen (secondary N) is 2. The van der Waals surface area contributed by atoms with E-state index in [1.54, 1.807) is 13.1 Å². The van der Waals surface area contributed by atoms with Gasteiger partial charge >= 0.3 is 0 Å². The van der Waals surface area contributed by atoms with Crippen molar-refractivity contribution in [3.8, 4) is 5.75 Å². The van der Waals surface area contributed by atoms with Crippen molar-refractivity contribution in [1.82, 2.24) is 10.6 Å². The third-order valence-corrected chi connectivity index (χ3v) is 2.66. The van der Waals surface area contributed by atoms with Crippen LogP contribution in [-0.2, 0) is 4.74 Å². The number of aliphatic imine (C=N–C) groups is 1. The molecule has 0 aromatic heterocycles. The van der Waals surface area contributed by atoms with Crippen molar-refractivity contribution in [2.24, 2.45) is 4.99 Å². The standard InChI is InChI=1S/C14H22ClN3O2/c1-3-19-9-7-17-14(16-2)18-8-10-20-13-6-4-5-12(15)11-13/h4-6,11H,3,7-10H2,1-2H3,(H2,16,17,18). The second kappa shape index (κ2) is 10.3. The SMILES string of the molecule is CCOCCNC(=NC)NCCOc1cccc(Cl)c1. The lowest BCUT2D eigenvalue weighted by Gasteiger charge is -2.12. The fourth-order valence-corrected chi connectivity index (χ4v) is 1.68. The first-order chi connectivity index (χ1) is 9.76. The minimum absolute atomic E-state index is 0.534. The van der Waals surface area contributed by atoms with Crippen LogP contribution in [0.3, 0.4) is 0 Å². The van der Waals surface area contributed by atoms with Crippen LogP contribution < -0.4 is 15.4 Å². The summed E-state index contributed by atoms with van der Waals surface area (Å²) in [6.07, 6.45) is 0. The van der Waals surface area contributed by atoms with Gasteiger partial charge in [-0.3, -0.25) is 4.99 Å². The molecule has 0 bridgehead atoms. The third kappa shape index (κ3) is 7.21. The number of halogens is 1. The van der Waals surface area contributed by atoms with E-state index in [1.165, 1.54) is 0 Å². The predicted octanol–water partition coefficient (Wildman–Crippen LogP) is 1.92. The highest BCUT2D eigenvalue weighted by Crippen LogP contribution is 2.16. The van der Waals surface area contributed by atoms with E-state index in [-0.39, 0.29) is 0 Å². The topological polar surface area (TPSA) is 54.9 Å². The third-order valence-electron chi connectivity index (χ3n) is 2.43. The highest BCUT2D eigenvalue weighted by Gasteiger charge is 1.98. The van der Waals surface area contributed by atoms with Crippen LogP contribution in [0.2, 0.25) is 5.02 Å². The highest BCUT2D eigenvalue weighted by molar-refractivity contribution is 6.30. The summed E-state index contributed by atoms with van der Waals surface area (Å²) in [4.78, 5) is 4.11. The lowest BCUT2D eigenvalue weighted by Crippen LogP contribution is -2.40. The first-order valence-electron chi connectivity index (χ1n) is 6.67. The van der Waals surface area contributed by atoms with E-state index in [9.17, 15) is 0 Å². The smallest absolute Gasteiger partial charge is 0.191 e. The van der Waals surface area contributed by atoms with E-state index in [0.717, 1.165) is 24.9 Å². The van der Waals surface area contributed by atoms with Gasteiger partial charge in [-0.1, -0.05) is 17.7 Å². The summed E-state index contributed by atoms with van der Waals surface area (Å²) in [5.41, 5.74) is 0. The zero-order valence-corrected chi connectivity index (χ0v) is 12.7. The normalized spacial score (nSPS) is 11.2. The molecule has 0 fully saturated rings. The highest BCUT2D eigenvalue weighted by atomic mass is 35.5.